The van der Waals surface area contributed by atoms with Gasteiger partial charge in [-0.15, -0.1) is 0 Å². The molecule has 1 N–H and O–H groups in total. The van der Waals surface area contributed by atoms with Crippen molar-refractivity contribution in [1.29, 1.82) is 0 Å². The van der Waals surface area contributed by atoms with Gasteiger partial charge in [0.15, 0.2) is 0 Å². The van der Waals surface area contributed by atoms with Crippen LogP contribution in [-0.2, 0) is 10.2 Å². The van der Waals surface area contributed by atoms with Gasteiger partial charge in [0.25, 0.3) is 0 Å². The normalized spacial score (nSPS) is 17.9. The predicted molar refractivity (Wildman–Crippen MR) is 55.8 cm³/mol. The molecule has 0 spiro atoms. The lowest BCUT2D eigenvalue weighted by atomic mass is 9.86. The number of hydrogen-bond donors (Lipinski definition) is 1. The van der Waals surface area contributed by atoms with Gasteiger partial charge in [0.05, 0.1) is 9.89 Å². The summed E-state index contributed by atoms with van der Waals surface area (Å²) in [7, 11) is 0. The Morgan fingerprint density at radius 2 is 2.07 bits per heavy atom. The zero-order valence-corrected chi connectivity index (χ0v) is 9.40. The minimum Gasteiger partial charge on any atom is -0.325 e. The zero-order valence-electron chi connectivity index (χ0n) is 7.82. The molecule has 0 unspecified atom stereocenters. The fraction of sp³-hybridized carbons (Fsp3) is 0.300. The smallest absolute Gasteiger partial charge is 0.234 e. The Morgan fingerprint density at radius 3 is 2.71 bits per heavy atom. The lowest BCUT2D eigenvalue weighted by molar-refractivity contribution is -0.119. The maximum absolute atomic E-state index is 13.2. The van der Waals surface area contributed by atoms with Gasteiger partial charge in [-0.3, -0.25) is 4.79 Å². The van der Waals surface area contributed by atoms with Crippen molar-refractivity contribution >= 4 is 27.5 Å². The van der Waals surface area contributed by atoms with Gasteiger partial charge in [0.2, 0.25) is 5.91 Å². The molecule has 1 aliphatic rings. The molecule has 0 saturated carbocycles. The highest BCUT2D eigenvalue weighted by Crippen LogP contribution is 2.39. The molecule has 2 rings (SSSR count). The van der Waals surface area contributed by atoms with Crippen LogP contribution in [0.2, 0.25) is 0 Å². The maximum atomic E-state index is 13.2. The van der Waals surface area contributed by atoms with Gasteiger partial charge in [-0.25, -0.2) is 4.39 Å². The van der Waals surface area contributed by atoms with E-state index >= 15 is 0 Å². The summed E-state index contributed by atoms with van der Waals surface area (Å²) in [6.45, 7) is 3.64. The Balaban J connectivity index is 2.67. The number of anilines is 1. The second kappa shape index (κ2) is 2.79. The Kier molecular flexibility index (Phi) is 1.93. The van der Waals surface area contributed by atoms with E-state index in [-0.39, 0.29) is 11.7 Å². The van der Waals surface area contributed by atoms with Gasteiger partial charge in [0, 0.05) is 5.69 Å². The highest BCUT2D eigenvalue weighted by Gasteiger charge is 2.38. The lowest BCUT2D eigenvalue weighted by Gasteiger charge is -2.14. The van der Waals surface area contributed by atoms with Crippen molar-refractivity contribution < 1.29 is 9.18 Å². The number of halogens is 2. The standard InChI is InChI=1S/C10H9BrFNO/c1-10(2)5-3-6(11)7(12)4-8(5)13-9(10)14/h3-4H,1-2H3,(H,13,14). The summed E-state index contributed by atoms with van der Waals surface area (Å²) in [5.74, 6) is -0.452. The van der Waals surface area contributed by atoms with E-state index in [0.717, 1.165) is 5.56 Å². The first-order valence-electron chi connectivity index (χ1n) is 4.24. The number of amides is 1. The van der Waals surface area contributed by atoms with Crippen LogP contribution < -0.4 is 5.32 Å². The van der Waals surface area contributed by atoms with Crippen molar-refractivity contribution in [2.75, 3.05) is 5.32 Å². The van der Waals surface area contributed by atoms with Crippen LogP contribution >= 0.6 is 15.9 Å². The summed E-state index contributed by atoms with van der Waals surface area (Å²) in [5, 5.41) is 2.66. The SMILES string of the molecule is CC1(C)C(=O)Nc2cc(F)c(Br)cc21. The molecule has 1 aliphatic heterocycles. The van der Waals surface area contributed by atoms with Crippen molar-refractivity contribution in [2.45, 2.75) is 19.3 Å². The van der Waals surface area contributed by atoms with E-state index in [2.05, 4.69) is 21.2 Å². The summed E-state index contributed by atoms with van der Waals surface area (Å²) in [4.78, 5) is 11.5. The molecule has 1 amide bonds. The summed E-state index contributed by atoms with van der Waals surface area (Å²) in [5.41, 5.74) is 0.822. The van der Waals surface area contributed by atoms with Crippen LogP contribution in [0.3, 0.4) is 0 Å². The average molecular weight is 258 g/mol. The Bertz CT molecular complexity index is 428. The molecule has 0 bridgehead atoms. The van der Waals surface area contributed by atoms with Crippen LogP contribution in [-0.4, -0.2) is 5.91 Å². The zero-order chi connectivity index (χ0) is 10.5. The van der Waals surface area contributed by atoms with Crippen molar-refractivity contribution in [3.8, 4) is 0 Å². The summed E-state index contributed by atoms with van der Waals surface area (Å²) in [6.07, 6.45) is 0. The highest BCUT2D eigenvalue weighted by atomic mass is 79.9. The molecule has 0 aromatic heterocycles. The number of nitrogens with one attached hydrogen (secondary N) is 1. The quantitative estimate of drug-likeness (QED) is 0.761. The first-order chi connectivity index (χ1) is 6.43. The van der Waals surface area contributed by atoms with Crippen LogP contribution in [0.25, 0.3) is 0 Å². The highest BCUT2D eigenvalue weighted by molar-refractivity contribution is 9.10. The van der Waals surface area contributed by atoms with Gasteiger partial charge in [0.1, 0.15) is 5.82 Å². The van der Waals surface area contributed by atoms with E-state index in [1.54, 1.807) is 6.07 Å². The molecule has 2 nitrogen and oxygen atoms in total. The third-order valence-electron chi connectivity index (χ3n) is 2.55. The van der Waals surface area contributed by atoms with E-state index < -0.39 is 5.41 Å². The van der Waals surface area contributed by atoms with E-state index in [9.17, 15) is 9.18 Å². The van der Waals surface area contributed by atoms with Gasteiger partial charge >= 0.3 is 0 Å². The van der Waals surface area contributed by atoms with Crippen LogP contribution in [0, 0.1) is 5.82 Å². The first-order valence-corrected chi connectivity index (χ1v) is 5.03. The third kappa shape index (κ3) is 1.17. The number of hydrogen-bond acceptors (Lipinski definition) is 1. The monoisotopic (exact) mass is 257 g/mol. The van der Waals surface area contributed by atoms with E-state index in [1.807, 2.05) is 13.8 Å². The van der Waals surface area contributed by atoms with Crippen LogP contribution in [0.15, 0.2) is 16.6 Å². The van der Waals surface area contributed by atoms with Gasteiger partial charge < -0.3 is 5.32 Å². The Hall–Kier alpha value is -0.900. The number of benzene rings is 1. The molecule has 4 heteroatoms. The molecule has 0 aliphatic carbocycles. The van der Waals surface area contributed by atoms with Crippen molar-refractivity contribution in [1.82, 2.24) is 0 Å². The molecule has 1 aromatic carbocycles. The molecule has 0 saturated heterocycles. The molecule has 0 radical (unpaired) electrons. The maximum Gasteiger partial charge on any atom is 0.234 e. The summed E-state index contributed by atoms with van der Waals surface area (Å²) >= 11 is 3.11. The van der Waals surface area contributed by atoms with E-state index in [0.29, 0.717) is 10.2 Å². The second-order valence-corrected chi connectivity index (χ2v) is 4.75. The number of carbonyl (C=O) groups excluding carboxylic acids is 1. The minimum absolute atomic E-state index is 0.0926. The molecule has 0 fully saturated rings. The summed E-state index contributed by atoms with van der Waals surface area (Å²) < 4.78 is 13.5. The van der Waals surface area contributed by atoms with Gasteiger partial charge in [-0.1, -0.05) is 0 Å². The fourth-order valence-electron chi connectivity index (χ4n) is 1.57. The molecular weight excluding hydrogens is 249 g/mol. The molecule has 74 valence electrons. The topological polar surface area (TPSA) is 29.1 Å². The lowest BCUT2D eigenvalue weighted by Crippen LogP contribution is -2.26. The average Bonchev–Trinajstić information content (AvgIpc) is 2.28. The van der Waals surface area contributed by atoms with Gasteiger partial charge in [-0.2, -0.15) is 0 Å². The molecule has 1 heterocycles. The van der Waals surface area contributed by atoms with Gasteiger partial charge in [-0.05, 0) is 47.5 Å². The number of rotatable bonds is 0. The molecule has 1 aromatic rings. The number of carbonyl (C=O) groups is 1. The second-order valence-electron chi connectivity index (χ2n) is 3.89. The molecule has 14 heavy (non-hydrogen) atoms. The van der Waals surface area contributed by atoms with Crippen molar-refractivity contribution in [3.63, 3.8) is 0 Å². The minimum atomic E-state index is -0.578. The first kappa shape index (κ1) is 9.65. The van der Waals surface area contributed by atoms with E-state index in [4.69, 9.17) is 0 Å². The largest absolute Gasteiger partial charge is 0.325 e. The van der Waals surface area contributed by atoms with E-state index in [1.165, 1.54) is 6.07 Å². The number of fused-ring (bicyclic) bond motifs is 1. The van der Waals surface area contributed by atoms with Crippen molar-refractivity contribution in [2.24, 2.45) is 0 Å². The van der Waals surface area contributed by atoms with Crippen LogP contribution in [0.4, 0.5) is 10.1 Å². The van der Waals surface area contributed by atoms with Crippen LogP contribution in [0.5, 0.6) is 0 Å². The third-order valence-corrected chi connectivity index (χ3v) is 3.16. The summed E-state index contributed by atoms with van der Waals surface area (Å²) in [6, 6.07) is 2.99. The Labute approximate surface area is 89.6 Å². The molecule has 0 atom stereocenters. The van der Waals surface area contributed by atoms with Crippen LogP contribution in [0.1, 0.15) is 19.4 Å². The fourth-order valence-corrected chi connectivity index (χ4v) is 1.91. The predicted octanol–water partition coefficient (Wildman–Crippen LogP) is 2.82. The van der Waals surface area contributed by atoms with Crippen molar-refractivity contribution in [3.05, 3.63) is 28.0 Å². The molecular formula is C10H9BrFNO. The Morgan fingerprint density at radius 1 is 1.43 bits per heavy atom.